The van der Waals surface area contributed by atoms with Crippen LogP contribution < -0.4 is 4.72 Å². The molecule has 2 heterocycles. The van der Waals surface area contributed by atoms with E-state index in [9.17, 15) is 8.42 Å². The van der Waals surface area contributed by atoms with Gasteiger partial charge in [-0.25, -0.2) is 13.1 Å². The fourth-order valence-electron chi connectivity index (χ4n) is 3.41. The molecule has 6 heteroatoms. The molecule has 5 nitrogen and oxygen atoms in total. The third kappa shape index (κ3) is 3.76. The molecule has 23 heavy (non-hydrogen) atoms. The van der Waals surface area contributed by atoms with Crippen molar-refractivity contribution in [2.24, 2.45) is 5.92 Å². The molecule has 0 bridgehead atoms. The maximum atomic E-state index is 11.2. The molecule has 2 aromatic rings. The summed E-state index contributed by atoms with van der Waals surface area (Å²) in [7, 11) is -3.09. The quantitative estimate of drug-likeness (QED) is 0.880. The van der Waals surface area contributed by atoms with Gasteiger partial charge in [-0.1, -0.05) is 18.2 Å². The number of para-hydroxylation sites is 1. The van der Waals surface area contributed by atoms with Crippen molar-refractivity contribution in [2.75, 3.05) is 25.9 Å². The van der Waals surface area contributed by atoms with Gasteiger partial charge in [-0.3, -0.25) is 4.90 Å². The van der Waals surface area contributed by atoms with Gasteiger partial charge in [0, 0.05) is 30.7 Å². The number of nitrogens with zero attached hydrogens (tertiary/aromatic N) is 1. The largest absolute Gasteiger partial charge is 0.358 e. The van der Waals surface area contributed by atoms with E-state index in [-0.39, 0.29) is 0 Å². The highest BCUT2D eigenvalue weighted by Crippen LogP contribution is 2.26. The second kappa shape index (κ2) is 6.26. The van der Waals surface area contributed by atoms with E-state index in [0.29, 0.717) is 12.5 Å². The van der Waals surface area contributed by atoms with E-state index in [1.165, 1.54) is 34.0 Å². The van der Waals surface area contributed by atoms with Crippen molar-refractivity contribution in [3.05, 3.63) is 35.0 Å². The summed E-state index contributed by atoms with van der Waals surface area (Å²) in [5.74, 6) is 0.399. The zero-order valence-corrected chi connectivity index (χ0v) is 14.8. The predicted molar refractivity (Wildman–Crippen MR) is 94.0 cm³/mol. The average Bonchev–Trinajstić information content (AvgIpc) is 3.03. The molecular weight excluding hydrogens is 310 g/mol. The number of aromatic nitrogens is 1. The summed E-state index contributed by atoms with van der Waals surface area (Å²) < 4.78 is 25.1. The van der Waals surface area contributed by atoms with Crippen LogP contribution in [0.3, 0.4) is 0 Å². The zero-order chi connectivity index (χ0) is 16.6. The molecule has 1 saturated heterocycles. The maximum Gasteiger partial charge on any atom is 0.208 e. The van der Waals surface area contributed by atoms with Crippen LogP contribution in [0, 0.1) is 19.8 Å². The standard InChI is InChI=1S/C17H25N3O2S/c1-12-13(2)19-17-15(5-4-6-16(12)17)11-20-8-7-14(10-20)9-18-23(3,21)22/h4-6,14,18-19H,7-11H2,1-3H3. The van der Waals surface area contributed by atoms with Gasteiger partial charge in [0.05, 0.1) is 11.8 Å². The van der Waals surface area contributed by atoms with Crippen LogP contribution in [0.15, 0.2) is 18.2 Å². The van der Waals surface area contributed by atoms with Crippen molar-refractivity contribution < 1.29 is 8.42 Å². The third-order valence-electron chi connectivity index (χ3n) is 4.83. The van der Waals surface area contributed by atoms with E-state index in [1.807, 2.05) is 0 Å². The Morgan fingerprint density at radius 1 is 1.35 bits per heavy atom. The van der Waals surface area contributed by atoms with E-state index in [1.54, 1.807) is 0 Å². The number of likely N-dealkylation sites (tertiary alicyclic amines) is 1. The zero-order valence-electron chi connectivity index (χ0n) is 14.0. The molecule has 1 aromatic carbocycles. The first-order chi connectivity index (χ1) is 10.8. The minimum atomic E-state index is -3.09. The Bertz CT molecular complexity index is 811. The summed E-state index contributed by atoms with van der Waals surface area (Å²) in [4.78, 5) is 5.92. The number of sulfonamides is 1. The molecule has 1 aliphatic heterocycles. The predicted octanol–water partition coefficient (Wildman–Crippen LogP) is 2.16. The van der Waals surface area contributed by atoms with Crippen LogP contribution in [-0.4, -0.2) is 44.2 Å². The van der Waals surface area contributed by atoms with Crippen LogP contribution in [0.5, 0.6) is 0 Å². The lowest BCUT2D eigenvalue weighted by Gasteiger charge is -2.17. The smallest absolute Gasteiger partial charge is 0.208 e. The molecule has 1 unspecified atom stereocenters. The highest BCUT2D eigenvalue weighted by molar-refractivity contribution is 7.88. The van der Waals surface area contributed by atoms with Crippen LogP contribution >= 0.6 is 0 Å². The molecule has 0 saturated carbocycles. The molecule has 0 amide bonds. The first-order valence-electron chi connectivity index (χ1n) is 8.07. The summed E-state index contributed by atoms with van der Waals surface area (Å²) >= 11 is 0. The fraction of sp³-hybridized carbons (Fsp3) is 0.529. The second-order valence-corrected chi connectivity index (χ2v) is 8.56. The Kier molecular flexibility index (Phi) is 4.49. The molecule has 1 aliphatic rings. The van der Waals surface area contributed by atoms with E-state index in [0.717, 1.165) is 26.1 Å². The van der Waals surface area contributed by atoms with Gasteiger partial charge in [0.2, 0.25) is 10.0 Å². The minimum Gasteiger partial charge on any atom is -0.358 e. The molecule has 0 aliphatic carbocycles. The van der Waals surface area contributed by atoms with Crippen molar-refractivity contribution in [2.45, 2.75) is 26.8 Å². The second-order valence-electron chi connectivity index (χ2n) is 6.73. The van der Waals surface area contributed by atoms with Crippen molar-refractivity contribution in [1.82, 2.24) is 14.6 Å². The van der Waals surface area contributed by atoms with Gasteiger partial charge in [0.25, 0.3) is 0 Å². The van der Waals surface area contributed by atoms with E-state index in [2.05, 4.69) is 46.7 Å². The van der Waals surface area contributed by atoms with Gasteiger partial charge >= 0.3 is 0 Å². The molecule has 126 valence electrons. The number of H-pyrrole nitrogens is 1. The number of fused-ring (bicyclic) bond motifs is 1. The number of aryl methyl sites for hydroxylation is 2. The Hall–Kier alpha value is -1.37. The Morgan fingerprint density at radius 2 is 2.13 bits per heavy atom. The number of nitrogens with one attached hydrogen (secondary N) is 2. The fourth-order valence-corrected chi connectivity index (χ4v) is 3.95. The first kappa shape index (κ1) is 16.5. The lowest BCUT2D eigenvalue weighted by Crippen LogP contribution is -2.30. The Labute approximate surface area is 138 Å². The topological polar surface area (TPSA) is 65.2 Å². The monoisotopic (exact) mass is 335 g/mol. The van der Waals surface area contributed by atoms with Crippen LogP contribution in [0.25, 0.3) is 10.9 Å². The summed E-state index contributed by atoms with van der Waals surface area (Å²) in [6.45, 7) is 7.68. The lowest BCUT2D eigenvalue weighted by atomic mass is 10.1. The van der Waals surface area contributed by atoms with Crippen LogP contribution in [0.1, 0.15) is 23.2 Å². The number of hydrogen-bond donors (Lipinski definition) is 2. The average molecular weight is 335 g/mol. The molecule has 0 spiro atoms. The number of aromatic amines is 1. The van der Waals surface area contributed by atoms with Crippen LogP contribution in [-0.2, 0) is 16.6 Å². The van der Waals surface area contributed by atoms with Crippen molar-refractivity contribution in [1.29, 1.82) is 0 Å². The van der Waals surface area contributed by atoms with Crippen molar-refractivity contribution >= 4 is 20.9 Å². The molecule has 1 aromatic heterocycles. The van der Waals surface area contributed by atoms with Crippen LogP contribution in [0.4, 0.5) is 0 Å². The van der Waals surface area contributed by atoms with E-state index in [4.69, 9.17) is 0 Å². The molecular formula is C17H25N3O2S. The van der Waals surface area contributed by atoms with Gasteiger partial charge in [-0.2, -0.15) is 0 Å². The SMILES string of the molecule is Cc1[nH]c2c(CN3CCC(CNS(C)(=O)=O)C3)cccc2c1C. The number of benzene rings is 1. The molecule has 2 N–H and O–H groups in total. The summed E-state index contributed by atoms with van der Waals surface area (Å²) in [5, 5.41) is 1.30. The maximum absolute atomic E-state index is 11.2. The van der Waals surface area contributed by atoms with Crippen molar-refractivity contribution in [3.8, 4) is 0 Å². The molecule has 0 radical (unpaired) electrons. The van der Waals surface area contributed by atoms with Gasteiger partial charge in [-0.15, -0.1) is 0 Å². The third-order valence-corrected chi connectivity index (χ3v) is 5.52. The Balaban J connectivity index is 1.68. The van der Waals surface area contributed by atoms with Gasteiger partial charge in [-0.05, 0) is 43.9 Å². The lowest BCUT2D eigenvalue weighted by molar-refractivity contribution is 0.317. The van der Waals surface area contributed by atoms with Gasteiger partial charge < -0.3 is 4.98 Å². The first-order valence-corrected chi connectivity index (χ1v) is 9.96. The van der Waals surface area contributed by atoms with E-state index < -0.39 is 10.0 Å². The highest BCUT2D eigenvalue weighted by Gasteiger charge is 2.23. The summed E-state index contributed by atoms with van der Waals surface area (Å²) in [5.41, 5.74) is 5.10. The normalized spacial score (nSPS) is 19.7. The van der Waals surface area contributed by atoms with Crippen molar-refractivity contribution in [3.63, 3.8) is 0 Å². The number of hydrogen-bond acceptors (Lipinski definition) is 3. The van der Waals surface area contributed by atoms with E-state index >= 15 is 0 Å². The molecule has 1 atom stereocenters. The molecule has 1 fully saturated rings. The Morgan fingerprint density at radius 3 is 2.87 bits per heavy atom. The van der Waals surface area contributed by atoms with Gasteiger partial charge in [0.15, 0.2) is 0 Å². The summed E-state index contributed by atoms with van der Waals surface area (Å²) in [6.07, 6.45) is 2.26. The van der Waals surface area contributed by atoms with Gasteiger partial charge in [0.1, 0.15) is 0 Å². The van der Waals surface area contributed by atoms with Crippen LogP contribution in [0.2, 0.25) is 0 Å². The minimum absolute atomic E-state index is 0.399. The number of rotatable bonds is 5. The highest BCUT2D eigenvalue weighted by atomic mass is 32.2. The summed E-state index contributed by atoms with van der Waals surface area (Å²) in [6, 6.07) is 6.47. The molecule has 3 rings (SSSR count).